The van der Waals surface area contributed by atoms with Gasteiger partial charge in [0, 0.05) is 21.8 Å². The second kappa shape index (κ2) is 8.35. The van der Waals surface area contributed by atoms with E-state index in [9.17, 15) is 19.1 Å². The molecule has 156 valence electrons. The minimum absolute atomic E-state index is 0.0447. The summed E-state index contributed by atoms with van der Waals surface area (Å²) in [4.78, 5) is 27.1. The van der Waals surface area contributed by atoms with Crippen molar-refractivity contribution in [2.24, 2.45) is 0 Å². The predicted molar refractivity (Wildman–Crippen MR) is 119 cm³/mol. The molecule has 1 N–H and O–H groups in total. The third-order valence-corrected chi connectivity index (χ3v) is 5.90. The number of Topliss-reactive ketones (excluding diaryl/α,β-unsaturated/α-hetero) is 1. The van der Waals surface area contributed by atoms with Gasteiger partial charge < -0.3 is 5.11 Å². The third-order valence-electron chi connectivity index (χ3n) is 4.92. The Labute approximate surface area is 192 Å². The van der Waals surface area contributed by atoms with Crippen LogP contribution in [-0.4, -0.2) is 16.8 Å². The number of carbonyl (C=O) groups is 2. The fourth-order valence-electron chi connectivity index (χ4n) is 3.51. The second-order valence-corrected chi connectivity index (χ2v) is 8.05. The molecule has 1 aliphatic heterocycles. The largest absolute Gasteiger partial charge is 0.507 e. The molecule has 0 spiro atoms. The molecule has 8 heteroatoms. The van der Waals surface area contributed by atoms with E-state index in [1.165, 1.54) is 42.5 Å². The molecule has 4 nitrogen and oxygen atoms in total. The van der Waals surface area contributed by atoms with Crippen molar-refractivity contribution in [2.45, 2.75) is 6.04 Å². The first-order valence-electron chi connectivity index (χ1n) is 9.06. The zero-order chi connectivity index (χ0) is 22.3. The summed E-state index contributed by atoms with van der Waals surface area (Å²) in [6.07, 6.45) is 0. The van der Waals surface area contributed by atoms with E-state index in [-0.39, 0.29) is 32.4 Å². The van der Waals surface area contributed by atoms with Crippen molar-refractivity contribution in [3.05, 3.63) is 104 Å². The molecule has 0 saturated carbocycles. The van der Waals surface area contributed by atoms with Gasteiger partial charge >= 0.3 is 0 Å². The Morgan fingerprint density at radius 2 is 1.65 bits per heavy atom. The van der Waals surface area contributed by atoms with Crippen molar-refractivity contribution >= 4 is 57.9 Å². The zero-order valence-corrected chi connectivity index (χ0v) is 17.9. The number of aliphatic hydroxyl groups is 1. The van der Waals surface area contributed by atoms with E-state index < -0.39 is 29.3 Å². The van der Waals surface area contributed by atoms with Gasteiger partial charge in [-0.05, 0) is 42.5 Å². The molecule has 1 fully saturated rings. The van der Waals surface area contributed by atoms with E-state index in [2.05, 4.69) is 0 Å². The minimum atomic E-state index is -1.21. The SMILES string of the molecule is O=C1C(=O)N(c2cccc(Cl)c2)C(c2ccccc2F)/C1=C(\O)c1ccc(Cl)c(Cl)c1. The highest BCUT2D eigenvalue weighted by Crippen LogP contribution is 2.43. The molecular weight excluding hydrogens is 464 g/mol. The number of aliphatic hydroxyl groups excluding tert-OH is 1. The molecule has 1 heterocycles. The van der Waals surface area contributed by atoms with Gasteiger partial charge in [-0.3, -0.25) is 14.5 Å². The van der Waals surface area contributed by atoms with Crippen molar-refractivity contribution in [1.82, 2.24) is 0 Å². The lowest BCUT2D eigenvalue weighted by atomic mass is 9.94. The summed E-state index contributed by atoms with van der Waals surface area (Å²) in [5.41, 5.74) is 0.229. The quantitative estimate of drug-likeness (QED) is 0.270. The molecule has 0 bridgehead atoms. The number of hydrogen-bond acceptors (Lipinski definition) is 3. The summed E-state index contributed by atoms with van der Waals surface area (Å²) in [5.74, 6) is -3.01. The molecule has 3 aromatic carbocycles. The maximum absolute atomic E-state index is 14.8. The van der Waals surface area contributed by atoms with E-state index in [0.29, 0.717) is 5.02 Å². The highest BCUT2D eigenvalue weighted by Gasteiger charge is 2.47. The number of hydrogen-bond donors (Lipinski definition) is 1. The van der Waals surface area contributed by atoms with Gasteiger partial charge in [0.1, 0.15) is 11.6 Å². The number of amides is 1. The van der Waals surface area contributed by atoms with Crippen LogP contribution in [0.4, 0.5) is 10.1 Å². The molecule has 1 amide bonds. The van der Waals surface area contributed by atoms with Gasteiger partial charge in [0.05, 0.1) is 21.7 Å². The molecule has 1 aliphatic rings. The Balaban J connectivity index is 1.99. The van der Waals surface area contributed by atoms with E-state index in [1.54, 1.807) is 24.3 Å². The van der Waals surface area contributed by atoms with Gasteiger partial charge in [0.15, 0.2) is 0 Å². The van der Waals surface area contributed by atoms with Crippen LogP contribution in [0.3, 0.4) is 0 Å². The zero-order valence-electron chi connectivity index (χ0n) is 15.7. The molecule has 4 rings (SSSR count). The van der Waals surface area contributed by atoms with Crippen LogP contribution in [0.25, 0.3) is 5.76 Å². The van der Waals surface area contributed by atoms with Crippen LogP contribution < -0.4 is 4.90 Å². The summed E-state index contributed by atoms with van der Waals surface area (Å²) in [6.45, 7) is 0. The molecule has 1 saturated heterocycles. The first kappa shape index (κ1) is 21.4. The number of rotatable bonds is 3. The van der Waals surface area contributed by atoms with E-state index in [0.717, 1.165) is 4.90 Å². The first-order valence-corrected chi connectivity index (χ1v) is 10.2. The van der Waals surface area contributed by atoms with Gasteiger partial charge in [0.25, 0.3) is 11.7 Å². The maximum atomic E-state index is 14.8. The molecule has 1 atom stereocenters. The highest BCUT2D eigenvalue weighted by molar-refractivity contribution is 6.52. The van der Waals surface area contributed by atoms with Crippen LogP contribution in [0, 0.1) is 5.82 Å². The van der Waals surface area contributed by atoms with Gasteiger partial charge in [-0.1, -0.05) is 59.1 Å². The van der Waals surface area contributed by atoms with Crippen LogP contribution in [0.15, 0.2) is 72.3 Å². The van der Waals surface area contributed by atoms with Crippen molar-refractivity contribution in [3.8, 4) is 0 Å². The Morgan fingerprint density at radius 1 is 0.903 bits per heavy atom. The molecule has 0 aromatic heterocycles. The van der Waals surface area contributed by atoms with Gasteiger partial charge in [-0.15, -0.1) is 0 Å². The number of anilines is 1. The van der Waals surface area contributed by atoms with Gasteiger partial charge in [0.2, 0.25) is 0 Å². The lowest BCUT2D eigenvalue weighted by Crippen LogP contribution is -2.29. The molecular formula is C23H13Cl3FNO3. The summed E-state index contributed by atoms with van der Waals surface area (Å²) in [6, 6.07) is 15.1. The number of ketones is 1. The Bertz CT molecular complexity index is 1260. The second-order valence-electron chi connectivity index (χ2n) is 6.80. The maximum Gasteiger partial charge on any atom is 0.300 e. The van der Waals surface area contributed by atoms with Gasteiger partial charge in [-0.25, -0.2) is 4.39 Å². The summed E-state index contributed by atoms with van der Waals surface area (Å²) < 4.78 is 14.8. The number of carbonyl (C=O) groups excluding carboxylic acids is 2. The van der Waals surface area contributed by atoms with Gasteiger partial charge in [-0.2, -0.15) is 0 Å². The highest BCUT2D eigenvalue weighted by atomic mass is 35.5. The topological polar surface area (TPSA) is 57.6 Å². The average molecular weight is 477 g/mol. The smallest absolute Gasteiger partial charge is 0.300 e. The molecule has 1 unspecified atom stereocenters. The third kappa shape index (κ3) is 3.81. The van der Waals surface area contributed by atoms with Crippen LogP contribution in [-0.2, 0) is 9.59 Å². The molecule has 3 aromatic rings. The summed E-state index contributed by atoms with van der Waals surface area (Å²) >= 11 is 18.1. The van der Waals surface area contributed by atoms with E-state index in [4.69, 9.17) is 34.8 Å². The van der Waals surface area contributed by atoms with Crippen LogP contribution in [0.5, 0.6) is 0 Å². The van der Waals surface area contributed by atoms with E-state index in [1.807, 2.05) is 0 Å². The van der Waals surface area contributed by atoms with Crippen LogP contribution >= 0.6 is 34.8 Å². The monoisotopic (exact) mass is 475 g/mol. The minimum Gasteiger partial charge on any atom is -0.507 e. The Kier molecular flexibility index (Phi) is 5.75. The van der Waals surface area contributed by atoms with E-state index >= 15 is 0 Å². The Hall–Kier alpha value is -2.86. The summed E-state index contributed by atoms with van der Waals surface area (Å²) in [5, 5.41) is 11.7. The first-order chi connectivity index (χ1) is 14.8. The normalized spacial score (nSPS) is 17.9. The number of benzene rings is 3. The average Bonchev–Trinajstić information content (AvgIpc) is 3.00. The lowest BCUT2D eigenvalue weighted by Gasteiger charge is -2.25. The number of nitrogens with zero attached hydrogens (tertiary/aromatic N) is 1. The summed E-state index contributed by atoms with van der Waals surface area (Å²) in [7, 11) is 0. The number of halogens is 4. The molecule has 0 aliphatic carbocycles. The van der Waals surface area contributed by atoms with Crippen molar-refractivity contribution in [1.29, 1.82) is 0 Å². The van der Waals surface area contributed by atoms with Crippen molar-refractivity contribution in [3.63, 3.8) is 0 Å². The fourth-order valence-corrected chi connectivity index (χ4v) is 4.00. The van der Waals surface area contributed by atoms with Crippen molar-refractivity contribution in [2.75, 3.05) is 4.90 Å². The Morgan fingerprint density at radius 3 is 2.32 bits per heavy atom. The standard InChI is InChI=1S/C23H13Cl3FNO3/c24-13-4-3-5-14(11-13)28-20(15-6-1-2-7-18(15)27)19(22(30)23(28)31)21(29)12-8-9-16(25)17(26)10-12/h1-11,20,29H/b21-19+. The molecule has 0 radical (unpaired) electrons. The van der Waals surface area contributed by atoms with Crippen LogP contribution in [0.1, 0.15) is 17.2 Å². The predicted octanol–water partition coefficient (Wildman–Crippen LogP) is 6.41. The molecule has 31 heavy (non-hydrogen) atoms. The van der Waals surface area contributed by atoms with Crippen molar-refractivity contribution < 1.29 is 19.1 Å². The fraction of sp³-hybridized carbons (Fsp3) is 0.0435. The van der Waals surface area contributed by atoms with Crippen LogP contribution in [0.2, 0.25) is 15.1 Å². The lowest BCUT2D eigenvalue weighted by molar-refractivity contribution is -0.132.